The van der Waals surface area contributed by atoms with Crippen molar-refractivity contribution in [2.24, 2.45) is 0 Å². The van der Waals surface area contributed by atoms with Gasteiger partial charge in [-0.3, -0.25) is 9.69 Å². The number of rotatable bonds is 7. The lowest BCUT2D eigenvalue weighted by molar-refractivity contribution is 0.0983. The van der Waals surface area contributed by atoms with Crippen LogP contribution in [-0.2, 0) is 0 Å². The predicted octanol–water partition coefficient (Wildman–Crippen LogP) is 5.05. The molecule has 1 aliphatic heterocycles. The predicted molar refractivity (Wildman–Crippen MR) is 128 cm³/mol. The summed E-state index contributed by atoms with van der Waals surface area (Å²) < 4.78 is 12.0. The summed E-state index contributed by atoms with van der Waals surface area (Å²) in [5.41, 5.74) is 3.66. The van der Waals surface area contributed by atoms with E-state index >= 15 is 0 Å². The van der Waals surface area contributed by atoms with Crippen LogP contribution < -0.4 is 14.4 Å². The van der Waals surface area contributed by atoms with E-state index in [1.54, 1.807) is 0 Å². The van der Waals surface area contributed by atoms with E-state index in [2.05, 4.69) is 18.7 Å². The molecule has 4 rings (SSSR count). The minimum absolute atomic E-state index is 0. The second-order valence-corrected chi connectivity index (χ2v) is 8.48. The van der Waals surface area contributed by atoms with Crippen LogP contribution in [0.2, 0.25) is 0 Å². The normalized spacial score (nSPS) is 12.3. The van der Waals surface area contributed by atoms with Crippen molar-refractivity contribution >= 4 is 45.0 Å². The standard InChI is InChI=1S/C23H27N3O3S.ClH/c1-5-25(6-2)9-10-26(22(27)17-8-7-15(3)11-16(17)4)23-24-18-12-19-20(29-14-28-19)13-21(18)30-23;/h7-8,11-13H,5-6,9-10,14H2,1-4H3;1H. The molecule has 0 saturated carbocycles. The van der Waals surface area contributed by atoms with Gasteiger partial charge in [-0.2, -0.15) is 0 Å². The zero-order chi connectivity index (χ0) is 21.3. The lowest BCUT2D eigenvalue weighted by atomic mass is 10.0. The third-order valence-electron chi connectivity index (χ3n) is 5.49. The van der Waals surface area contributed by atoms with Crippen LogP contribution >= 0.6 is 23.7 Å². The number of amides is 1. The van der Waals surface area contributed by atoms with Crippen molar-refractivity contribution in [3.63, 3.8) is 0 Å². The van der Waals surface area contributed by atoms with Gasteiger partial charge in [-0.05, 0) is 38.6 Å². The fraction of sp³-hybridized carbons (Fsp3) is 0.391. The molecule has 31 heavy (non-hydrogen) atoms. The Morgan fingerprint density at radius 2 is 1.77 bits per heavy atom. The van der Waals surface area contributed by atoms with Gasteiger partial charge in [0.25, 0.3) is 5.91 Å². The second-order valence-electron chi connectivity index (χ2n) is 7.47. The molecule has 8 heteroatoms. The summed E-state index contributed by atoms with van der Waals surface area (Å²) in [4.78, 5) is 22.5. The van der Waals surface area contributed by atoms with Crippen molar-refractivity contribution in [2.45, 2.75) is 27.7 Å². The summed E-state index contributed by atoms with van der Waals surface area (Å²) in [6, 6.07) is 9.79. The summed E-state index contributed by atoms with van der Waals surface area (Å²) in [7, 11) is 0. The largest absolute Gasteiger partial charge is 0.454 e. The van der Waals surface area contributed by atoms with E-state index in [9.17, 15) is 4.79 Å². The Bertz CT molecular complexity index is 1040. The highest BCUT2D eigenvalue weighted by Crippen LogP contribution is 2.40. The molecule has 0 N–H and O–H groups in total. The van der Waals surface area contributed by atoms with Crippen LogP contribution in [0.3, 0.4) is 0 Å². The summed E-state index contributed by atoms with van der Waals surface area (Å²) in [6.45, 7) is 11.8. The number of benzene rings is 2. The molecule has 0 saturated heterocycles. The number of nitrogens with zero attached hydrogens (tertiary/aromatic N) is 3. The van der Waals surface area contributed by atoms with Crippen LogP contribution in [-0.4, -0.2) is 48.8 Å². The molecule has 166 valence electrons. The molecular formula is C23H28ClN3O3S. The van der Waals surface area contributed by atoms with E-state index in [4.69, 9.17) is 14.5 Å². The molecule has 1 aliphatic rings. The first-order valence-corrected chi connectivity index (χ1v) is 11.1. The van der Waals surface area contributed by atoms with Crippen LogP contribution in [0.25, 0.3) is 10.2 Å². The van der Waals surface area contributed by atoms with Gasteiger partial charge in [0.2, 0.25) is 6.79 Å². The number of carbonyl (C=O) groups is 1. The maximum atomic E-state index is 13.6. The molecule has 1 amide bonds. The SMILES string of the molecule is CCN(CC)CCN(C(=O)c1ccc(C)cc1C)c1nc2cc3c(cc2s1)OCO3.Cl. The molecule has 2 heterocycles. The summed E-state index contributed by atoms with van der Waals surface area (Å²) >= 11 is 1.51. The van der Waals surface area contributed by atoms with E-state index in [1.165, 1.54) is 11.3 Å². The average Bonchev–Trinajstić information content (AvgIpc) is 3.34. The van der Waals surface area contributed by atoms with Crippen LogP contribution in [0.15, 0.2) is 30.3 Å². The highest BCUT2D eigenvalue weighted by atomic mass is 35.5. The number of anilines is 1. The number of halogens is 1. The van der Waals surface area contributed by atoms with E-state index in [-0.39, 0.29) is 25.1 Å². The Morgan fingerprint density at radius 1 is 1.06 bits per heavy atom. The number of thiazole rings is 1. The van der Waals surface area contributed by atoms with E-state index in [0.29, 0.717) is 23.0 Å². The minimum atomic E-state index is -0.0150. The quantitative estimate of drug-likeness (QED) is 0.492. The fourth-order valence-electron chi connectivity index (χ4n) is 3.69. The molecule has 3 aromatic rings. The monoisotopic (exact) mass is 461 g/mol. The number of aryl methyl sites for hydroxylation is 2. The molecule has 0 unspecified atom stereocenters. The minimum Gasteiger partial charge on any atom is -0.454 e. The van der Waals surface area contributed by atoms with Gasteiger partial charge < -0.3 is 14.4 Å². The highest BCUT2D eigenvalue weighted by molar-refractivity contribution is 7.22. The summed E-state index contributed by atoms with van der Waals surface area (Å²) in [5, 5.41) is 0.700. The molecule has 1 aromatic heterocycles. The number of hydrogen-bond acceptors (Lipinski definition) is 6. The topological polar surface area (TPSA) is 54.9 Å². The van der Waals surface area contributed by atoms with E-state index < -0.39 is 0 Å². The van der Waals surface area contributed by atoms with Crippen LogP contribution in [0.5, 0.6) is 11.5 Å². The zero-order valence-electron chi connectivity index (χ0n) is 18.3. The van der Waals surface area contributed by atoms with Gasteiger partial charge in [0, 0.05) is 30.8 Å². The van der Waals surface area contributed by atoms with Crippen molar-refractivity contribution < 1.29 is 14.3 Å². The van der Waals surface area contributed by atoms with Gasteiger partial charge in [0.15, 0.2) is 16.6 Å². The molecular weight excluding hydrogens is 434 g/mol. The van der Waals surface area contributed by atoms with Gasteiger partial charge in [-0.1, -0.05) is 42.9 Å². The van der Waals surface area contributed by atoms with Gasteiger partial charge in [-0.15, -0.1) is 12.4 Å². The zero-order valence-corrected chi connectivity index (χ0v) is 19.9. The molecule has 2 aromatic carbocycles. The molecule has 6 nitrogen and oxygen atoms in total. The molecule has 0 radical (unpaired) electrons. The van der Waals surface area contributed by atoms with Crippen LogP contribution in [0, 0.1) is 13.8 Å². The lowest BCUT2D eigenvalue weighted by Gasteiger charge is -2.25. The smallest absolute Gasteiger partial charge is 0.260 e. The average molecular weight is 462 g/mol. The first-order chi connectivity index (χ1) is 14.5. The molecule has 0 bridgehead atoms. The van der Waals surface area contributed by atoms with Gasteiger partial charge >= 0.3 is 0 Å². The molecule has 0 atom stereocenters. The van der Waals surface area contributed by atoms with Gasteiger partial charge in [-0.25, -0.2) is 4.98 Å². The Labute approximate surface area is 193 Å². The number of carbonyl (C=O) groups excluding carboxylic acids is 1. The Balaban J connectivity index is 0.00000272. The summed E-state index contributed by atoms with van der Waals surface area (Å²) in [6.07, 6.45) is 0. The third-order valence-corrected chi connectivity index (χ3v) is 6.54. The molecule has 0 spiro atoms. The maximum absolute atomic E-state index is 13.6. The number of ether oxygens (including phenoxy) is 2. The third kappa shape index (κ3) is 4.79. The Morgan fingerprint density at radius 3 is 2.45 bits per heavy atom. The number of fused-ring (bicyclic) bond motifs is 2. The van der Waals surface area contributed by atoms with Gasteiger partial charge in [0.1, 0.15) is 0 Å². The van der Waals surface area contributed by atoms with Gasteiger partial charge in [0.05, 0.1) is 10.2 Å². The Kier molecular flexibility index (Phi) is 7.41. The maximum Gasteiger partial charge on any atom is 0.260 e. The second kappa shape index (κ2) is 9.85. The van der Waals surface area contributed by atoms with Crippen molar-refractivity contribution in [2.75, 3.05) is 37.9 Å². The van der Waals surface area contributed by atoms with E-state index in [0.717, 1.165) is 46.7 Å². The lowest BCUT2D eigenvalue weighted by Crippen LogP contribution is -2.39. The fourth-order valence-corrected chi connectivity index (χ4v) is 4.69. The number of likely N-dealkylation sites (N-methyl/N-ethyl adjacent to an activating group) is 1. The van der Waals surface area contributed by atoms with E-state index in [1.807, 2.05) is 49.1 Å². The van der Waals surface area contributed by atoms with Crippen LogP contribution in [0.1, 0.15) is 35.3 Å². The van der Waals surface area contributed by atoms with Crippen molar-refractivity contribution in [1.29, 1.82) is 0 Å². The first-order valence-electron chi connectivity index (χ1n) is 10.3. The van der Waals surface area contributed by atoms with Crippen molar-refractivity contribution in [3.05, 3.63) is 47.0 Å². The van der Waals surface area contributed by atoms with Crippen molar-refractivity contribution in [3.8, 4) is 11.5 Å². The highest BCUT2D eigenvalue weighted by Gasteiger charge is 2.24. The number of aromatic nitrogens is 1. The molecule has 0 aliphatic carbocycles. The summed E-state index contributed by atoms with van der Waals surface area (Å²) in [5.74, 6) is 1.42. The first kappa shape index (κ1) is 23.3. The van der Waals surface area contributed by atoms with Crippen molar-refractivity contribution in [1.82, 2.24) is 9.88 Å². The number of hydrogen-bond donors (Lipinski definition) is 0. The van der Waals surface area contributed by atoms with Crippen LogP contribution in [0.4, 0.5) is 5.13 Å². The molecule has 0 fully saturated rings. The Hall–Kier alpha value is -2.35.